The zero-order valence-electron chi connectivity index (χ0n) is 15.4. The molecule has 2 aromatic rings. The average molecular weight is 345 g/mol. The van der Waals surface area contributed by atoms with E-state index in [1.807, 2.05) is 13.0 Å². The number of aliphatic hydroxyl groups excluding tert-OH is 1. The van der Waals surface area contributed by atoms with Crippen molar-refractivity contribution in [3.05, 3.63) is 35.7 Å². The van der Waals surface area contributed by atoms with Gasteiger partial charge in [-0.3, -0.25) is 4.79 Å². The van der Waals surface area contributed by atoms with E-state index in [0.717, 1.165) is 12.0 Å². The number of nitrogens with zero attached hydrogens (tertiary/aromatic N) is 2. The summed E-state index contributed by atoms with van der Waals surface area (Å²) in [7, 11) is 0. The Labute approximate surface area is 148 Å². The molecule has 1 atom stereocenters. The molecule has 25 heavy (non-hydrogen) atoms. The molecule has 0 radical (unpaired) electrons. The van der Waals surface area contributed by atoms with Crippen LogP contribution >= 0.6 is 0 Å². The van der Waals surface area contributed by atoms with E-state index in [1.54, 1.807) is 18.2 Å². The van der Waals surface area contributed by atoms with Crippen LogP contribution in [0, 0.1) is 5.41 Å². The van der Waals surface area contributed by atoms with Gasteiger partial charge < -0.3 is 14.9 Å². The second kappa shape index (κ2) is 8.25. The number of nitrogens with one attached hydrogen (secondary N) is 1. The number of aromatic nitrogens is 2. The second-order valence-corrected chi connectivity index (χ2v) is 7.42. The van der Waals surface area contributed by atoms with Gasteiger partial charge in [-0.2, -0.15) is 4.98 Å². The van der Waals surface area contributed by atoms with E-state index in [2.05, 4.69) is 36.2 Å². The highest BCUT2D eigenvalue weighted by Crippen LogP contribution is 2.22. The van der Waals surface area contributed by atoms with Gasteiger partial charge in [-0.05, 0) is 30.4 Å². The Morgan fingerprint density at radius 3 is 2.76 bits per heavy atom. The summed E-state index contributed by atoms with van der Waals surface area (Å²) in [6.45, 7) is 8.36. The standard InChI is InChI=1S/C19H27N3O3/c1-5-15(9-10-23)20-18(24)14-8-6-7-13(11-14)17-21-16(25-22-17)12-19(2,3)4/h6-8,11,15,23H,5,9-10,12H2,1-4H3,(H,20,24). The molecule has 1 aromatic heterocycles. The minimum atomic E-state index is -0.166. The van der Waals surface area contributed by atoms with Crippen LogP contribution in [0.5, 0.6) is 0 Å². The van der Waals surface area contributed by atoms with Gasteiger partial charge >= 0.3 is 0 Å². The molecule has 0 saturated heterocycles. The average Bonchev–Trinajstić information content (AvgIpc) is 3.01. The van der Waals surface area contributed by atoms with E-state index in [9.17, 15) is 4.79 Å². The summed E-state index contributed by atoms with van der Waals surface area (Å²) >= 11 is 0. The van der Waals surface area contributed by atoms with Crippen LogP contribution in [0.2, 0.25) is 0 Å². The molecule has 1 aromatic carbocycles. The number of amides is 1. The van der Waals surface area contributed by atoms with Crippen molar-refractivity contribution in [1.29, 1.82) is 0 Å². The van der Waals surface area contributed by atoms with Crippen LogP contribution in [0.15, 0.2) is 28.8 Å². The Hall–Kier alpha value is -2.21. The summed E-state index contributed by atoms with van der Waals surface area (Å²) < 4.78 is 5.32. The molecule has 0 aliphatic heterocycles. The maximum Gasteiger partial charge on any atom is 0.251 e. The largest absolute Gasteiger partial charge is 0.396 e. The van der Waals surface area contributed by atoms with Crippen LogP contribution in [0.3, 0.4) is 0 Å². The van der Waals surface area contributed by atoms with E-state index in [0.29, 0.717) is 30.1 Å². The topological polar surface area (TPSA) is 88.2 Å². The minimum absolute atomic E-state index is 0.0373. The molecule has 0 fully saturated rings. The molecule has 136 valence electrons. The Morgan fingerprint density at radius 2 is 2.12 bits per heavy atom. The lowest BCUT2D eigenvalue weighted by molar-refractivity contribution is 0.0929. The third-order valence-electron chi connectivity index (χ3n) is 3.84. The van der Waals surface area contributed by atoms with E-state index >= 15 is 0 Å². The lowest BCUT2D eigenvalue weighted by Gasteiger charge is -2.15. The molecule has 6 heteroatoms. The van der Waals surface area contributed by atoms with Gasteiger partial charge in [0.25, 0.3) is 5.91 Å². The van der Waals surface area contributed by atoms with Crippen LogP contribution in [0.4, 0.5) is 0 Å². The molecule has 2 rings (SSSR count). The Bertz CT molecular complexity index is 704. The van der Waals surface area contributed by atoms with Crippen molar-refractivity contribution in [2.75, 3.05) is 6.61 Å². The molecular formula is C19H27N3O3. The van der Waals surface area contributed by atoms with Crippen molar-refractivity contribution in [2.45, 2.75) is 53.0 Å². The number of rotatable bonds is 7. The van der Waals surface area contributed by atoms with Gasteiger partial charge in [0, 0.05) is 30.2 Å². The number of carbonyl (C=O) groups is 1. The van der Waals surface area contributed by atoms with Gasteiger partial charge in [0.2, 0.25) is 11.7 Å². The Kier molecular flexibility index (Phi) is 6.31. The molecule has 2 N–H and O–H groups in total. The number of hydrogen-bond acceptors (Lipinski definition) is 5. The first-order chi connectivity index (χ1) is 11.8. The van der Waals surface area contributed by atoms with Gasteiger partial charge in [0.05, 0.1) is 0 Å². The monoisotopic (exact) mass is 345 g/mol. The maximum atomic E-state index is 12.4. The van der Waals surface area contributed by atoms with Crippen molar-refractivity contribution < 1.29 is 14.4 Å². The highest BCUT2D eigenvalue weighted by atomic mass is 16.5. The van der Waals surface area contributed by atoms with Crippen molar-refractivity contribution in [1.82, 2.24) is 15.5 Å². The van der Waals surface area contributed by atoms with Gasteiger partial charge in [0.1, 0.15) is 0 Å². The first-order valence-corrected chi connectivity index (χ1v) is 8.67. The minimum Gasteiger partial charge on any atom is -0.396 e. The van der Waals surface area contributed by atoms with Gasteiger partial charge in [0.15, 0.2) is 0 Å². The van der Waals surface area contributed by atoms with Gasteiger partial charge in [-0.25, -0.2) is 0 Å². The maximum absolute atomic E-state index is 12.4. The summed E-state index contributed by atoms with van der Waals surface area (Å²) in [5.41, 5.74) is 1.34. The van der Waals surface area contributed by atoms with Crippen molar-refractivity contribution >= 4 is 5.91 Å². The van der Waals surface area contributed by atoms with Crippen LogP contribution in [0.1, 0.15) is 56.8 Å². The van der Waals surface area contributed by atoms with E-state index < -0.39 is 0 Å². The van der Waals surface area contributed by atoms with Crippen LogP contribution < -0.4 is 5.32 Å². The fraction of sp³-hybridized carbons (Fsp3) is 0.526. The summed E-state index contributed by atoms with van der Waals surface area (Å²) in [5, 5.41) is 16.0. The van der Waals surface area contributed by atoms with Gasteiger partial charge in [-0.1, -0.05) is 45.0 Å². The number of carbonyl (C=O) groups excluding carboxylic acids is 1. The highest BCUT2D eigenvalue weighted by molar-refractivity contribution is 5.95. The predicted octanol–water partition coefficient (Wildman–Crippen LogP) is 3.22. The summed E-state index contributed by atoms with van der Waals surface area (Å²) in [6.07, 6.45) is 2.01. The molecular weight excluding hydrogens is 318 g/mol. The normalized spacial score (nSPS) is 12.8. The second-order valence-electron chi connectivity index (χ2n) is 7.42. The zero-order chi connectivity index (χ0) is 18.4. The van der Waals surface area contributed by atoms with Crippen LogP contribution in [0.25, 0.3) is 11.4 Å². The fourth-order valence-corrected chi connectivity index (χ4v) is 2.50. The molecule has 1 amide bonds. The zero-order valence-corrected chi connectivity index (χ0v) is 15.4. The van der Waals surface area contributed by atoms with Crippen molar-refractivity contribution in [3.8, 4) is 11.4 Å². The molecule has 0 saturated carbocycles. The van der Waals surface area contributed by atoms with E-state index in [-0.39, 0.29) is 24.0 Å². The molecule has 6 nitrogen and oxygen atoms in total. The fourth-order valence-electron chi connectivity index (χ4n) is 2.50. The summed E-state index contributed by atoms with van der Waals surface area (Å²) in [5.74, 6) is 0.906. The number of benzene rings is 1. The van der Waals surface area contributed by atoms with E-state index in [1.165, 1.54) is 0 Å². The third-order valence-corrected chi connectivity index (χ3v) is 3.84. The molecule has 1 heterocycles. The van der Waals surface area contributed by atoms with Crippen molar-refractivity contribution in [2.24, 2.45) is 5.41 Å². The van der Waals surface area contributed by atoms with Crippen LogP contribution in [-0.4, -0.2) is 33.8 Å². The molecule has 0 aliphatic carbocycles. The van der Waals surface area contributed by atoms with Crippen LogP contribution in [-0.2, 0) is 6.42 Å². The summed E-state index contributed by atoms with van der Waals surface area (Å²) in [6, 6.07) is 7.13. The smallest absolute Gasteiger partial charge is 0.251 e. The van der Waals surface area contributed by atoms with Crippen molar-refractivity contribution in [3.63, 3.8) is 0 Å². The highest BCUT2D eigenvalue weighted by Gasteiger charge is 2.18. The first-order valence-electron chi connectivity index (χ1n) is 8.67. The lowest BCUT2D eigenvalue weighted by Crippen LogP contribution is -2.35. The number of hydrogen-bond donors (Lipinski definition) is 2. The molecule has 0 aliphatic rings. The first kappa shape index (κ1) is 19.1. The van der Waals surface area contributed by atoms with E-state index in [4.69, 9.17) is 9.63 Å². The Balaban J connectivity index is 2.14. The van der Waals surface area contributed by atoms with Gasteiger partial charge in [-0.15, -0.1) is 0 Å². The lowest BCUT2D eigenvalue weighted by atomic mass is 9.92. The molecule has 0 spiro atoms. The predicted molar refractivity (Wildman–Crippen MR) is 96.1 cm³/mol. The quantitative estimate of drug-likeness (QED) is 0.804. The molecule has 1 unspecified atom stereocenters. The number of aliphatic hydroxyl groups is 1. The SMILES string of the molecule is CCC(CCO)NC(=O)c1cccc(-c2noc(CC(C)(C)C)n2)c1. The summed E-state index contributed by atoms with van der Waals surface area (Å²) in [4.78, 5) is 16.8. The Morgan fingerprint density at radius 1 is 1.36 bits per heavy atom. The third kappa shape index (κ3) is 5.67. The molecule has 0 bridgehead atoms.